The van der Waals surface area contributed by atoms with Crippen LogP contribution in [0.4, 0.5) is 0 Å². The van der Waals surface area contributed by atoms with E-state index in [1.807, 2.05) is 42.5 Å². The number of nitrogens with zero attached hydrogens (tertiary/aromatic N) is 4. The van der Waals surface area contributed by atoms with Crippen molar-refractivity contribution in [1.29, 1.82) is 0 Å². The number of rotatable bonds is 8. The van der Waals surface area contributed by atoms with Crippen LogP contribution in [0.2, 0.25) is 5.15 Å². The maximum Gasteiger partial charge on any atom is 0.188 e. The number of carbonyl (C=O) groups excluding carboxylic acids is 2. The predicted octanol–water partition coefficient (Wildman–Crippen LogP) is 4.42. The van der Waals surface area contributed by atoms with Crippen LogP contribution in [-0.4, -0.2) is 31.5 Å². The van der Waals surface area contributed by atoms with Crippen LogP contribution in [0.5, 0.6) is 0 Å². The summed E-state index contributed by atoms with van der Waals surface area (Å²) in [6.45, 7) is 0.479. The summed E-state index contributed by atoms with van der Waals surface area (Å²) in [7, 11) is 0. The van der Waals surface area contributed by atoms with Gasteiger partial charge in [-0.1, -0.05) is 59.3 Å². The van der Waals surface area contributed by atoms with Crippen molar-refractivity contribution in [2.24, 2.45) is 0 Å². The molecule has 0 spiro atoms. The first-order chi connectivity index (χ1) is 15.1. The Morgan fingerprint density at radius 1 is 0.871 bits per heavy atom. The number of Topliss-reactive ketones (excluding diaryl/α,β-unsaturated/α-hetero) is 2. The molecule has 0 aliphatic rings. The summed E-state index contributed by atoms with van der Waals surface area (Å²) in [6.07, 6.45) is 3.78. The van der Waals surface area contributed by atoms with E-state index >= 15 is 0 Å². The van der Waals surface area contributed by atoms with Gasteiger partial charge in [-0.15, -0.1) is 5.10 Å². The second kappa shape index (κ2) is 9.45. The minimum absolute atomic E-state index is 0.184. The number of hydrogen-bond donors (Lipinski definition) is 0. The third kappa shape index (κ3) is 5.49. The summed E-state index contributed by atoms with van der Waals surface area (Å²) >= 11 is 5.87. The van der Waals surface area contributed by atoms with E-state index < -0.39 is 0 Å². The smallest absolute Gasteiger partial charge is 0.188 e. The third-order valence-corrected chi connectivity index (χ3v) is 4.97. The zero-order chi connectivity index (χ0) is 21.6. The zero-order valence-electron chi connectivity index (χ0n) is 16.6. The molecule has 4 aromatic rings. The Kier molecular flexibility index (Phi) is 6.29. The molecule has 0 amide bonds. The van der Waals surface area contributed by atoms with Crippen molar-refractivity contribution in [3.05, 3.63) is 112 Å². The van der Waals surface area contributed by atoms with Crippen LogP contribution in [-0.2, 0) is 13.0 Å². The van der Waals surface area contributed by atoms with Crippen LogP contribution in [0.15, 0.2) is 79.1 Å². The van der Waals surface area contributed by atoms with E-state index in [9.17, 15) is 9.59 Å². The van der Waals surface area contributed by atoms with E-state index in [0.29, 0.717) is 18.5 Å². The van der Waals surface area contributed by atoms with Crippen LogP contribution in [0, 0.1) is 0 Å². The van der Waals surface area contributed by atoms with Crippen LogP contribution >= 0.6 is 11.6 Å². The largest absolute Gasteiger partial charge is 0.294 e. The monoisotopic (exact) mass is 430 g/mol. The Bertz CT molecular complexity index is 1210. The molecule has 6 nitrogen and oxygen atoms in total. The van der Waals surface area contributed by atoms with Crippen molar-refractivity contribution < 1.29 is 9.59 Å². The highest BCUT2D eigenvalue weighted by Gasteiger charge is 2.17. The standard InChI is InChI=1S/C24H19ClN4O2/c25-24-8-4-7-21(27-24)23(31)15-22(30)20-13-18(11-17-5-2-1-3-6-17)12-19(14-20)16-29-10-9-26-28-29/h1-10,12-14H,11,15-16H2. The van der Waals surface area contributed by atoms with Crippen molar-refractivity contribution in [3.63, 3.8) is 0 Å². The van der Waals surface area contributed by atoms with Gasteiger partial charge in [-0.3, -0.25) is 9.59 Å². The number of aromatic nitrogens is 4. The van der Waals surface area contributed by atoms with Gasteiger partial charge in [-0.05, 0) is 47.4 Å². The first-order valence-electron chi connectivity index (χ1n) is 9.76. The lowest BCUT2D eigenvalue weighted by Gasteiger charge is -2.10. The fourth-order valence-electron chi connectivity index (χ4n) is 3.35. The van der Waals surface area contributed by atoms with E-state index in [1.165, 1.54) is 0 Å². The Morgan fingerprint density at radius 3 is 2.42 bits per heavy atom. The maximum absolute atomic E-state index is 13.0. The summed E-state index contributed by atoms with van der Waals surface area (Å²) in [4.78, 5) is 29.5. The highest BCUT2D eigenvalue weighted by Crippen LogP contribution is 2.18. The predicted molar refractivity (Wildman–Crippen MR) is 117 cm³/mol. The molecule has 0 radical (unpaired) electrons. The molecule has 0 aliphatic carbocycles. The molecule has 0 N–H and O–H groups in total. The molecule has 2 heterocycles. The van der Waals surface area contributed by atoms with E-state index in [1.54, 1.807) is 41.3 Å². The number of pyridine rings is 1. The molecule has 0 atom stereocenters. The Morgan fingerprint density at radius 2 is 1.68 bits per heavy atom. The average molecular weight is 431 g/mol. The van der Waals surface area contributed by atoms with Crippen LogP contribution in [0.25, 0.3) is 0 Å². The number of halogens is 1. The summed E-state index contributed by atoms with van der Waals surface area (Å²) in [5, 5.41) is 8.05. The van der Waals surface area contributed by atoms with Gasteiger partial charge in [0.2, 0.25) is 0 Å². The molecule has 0 bridgehead atoms. The van der Waals surface area contributed by atoms with Gasteiger partial charge in [0.1, 0.15) is 10.8 Å². The summed E-state index contributed by atoms with van der Waals surface area (Å²) in [6, 6.07) is 20.5. The minimum Gasteiger partial charge on any atom is -0.294 e. The van der Waals surface area contributed by atoms with Gasteiger partial charge in [0.05, 0.1) is 19.2 Å². The van der Waals surface area contributed by atoms with E-state index in [4.69, 9.17) is 11.6 Å². The molecule has 0 fully saturated rings. The molecular weight excluding hydrogens is 412 g/mol. The van der Waals surface area contributed by atoms with Gasteiger partial charge in [-0.2, -0.15) is 0 Å². The molecule has 0 saturated heterocycles. The van der Waals surface area contributed by atoms with Gasteiger partial charge in [0.15, 0.2) is 11.6 Å². The van der Waals surface area contributed by atoms with Crippen molar-refractivity contribution in [1.82, 2.24) is 20.0 Å². The number of ketones is 2. The second-order valence-corrected chi connectivity index (χ2v) is 7.56. The molecule has 2 aromatic heterocycles. The molecule has 2 aromatic carbocycles. The molecule has 154 valence electrons. The normalized spacial score (nSPS) is 10.7. The molecular formula is C24H19ClN4O2. The Hall–Kier alpha value is -3.64. The van der Waals surface area contributed by atoms with Crippen molar-refractivity contribution in [2.45, 2.75) is 19.4 Å². The average Bonchev–Trinajstić information content (AvgIpc) is 3.27. The molecule has 0 unspecified atom stereocenters. The van der Waals surface area contributed by atoms with Crippen LogP contribution in [0.3, 0.4) is 0 Å². The summed E-state index contributed by atoms with van der Waals surface area (Å²) < 4.78 is 1.69. The topological polar surface area (TPSA) is 77.7 Å². The lowest BCUT2D eigenvalue weighted by molar-refractivity contribution is 0.0891. The molecule has 31 heavy (non-hydrogen) atoms. The van der Waals surface area contributed by atoms with E-state index in [2.05, 4.69) is 15.3 Å². The minimum atomic E-state index is -0.362. The van der Waals surface area contributed by atoms with E-state index in [0.717, 1.165) is 16.7 Å². The van der Waals surface area contributed by atoms with Crippen molar-refractivity contribution in [3.8, 4) is 0 Å². The highest BCUT2D eigenvalue weighted by molar-refractivity contribution is 6.29. The second-order valence-electron chi connectivity index (χ2n) is 7.17. The van der Waals surface area contributed by atoms with Crippen LogP contribution in [0.1, 0.15) is 44.0 Å². The lowest BCUT2D eigenvalue weighted by Crippen LogP contribution is -2.11. The lowest BCUT2D eigenvalue weighted by atomic mass is 9.96. The maximum atomic E-state index is 13.0. The van der Waals surface area contributed by atoms with Gasteiger partial charge in [0.25, 0.3) is 0 Å². The number of carbonyl (C=O) groups is 2. The molecule has 4 rings (SSSR count). The molecule has 7 heteroatoms. The van der Waals surface area contributed by atoms with Crippen LogP contribution < -0.4 is 0 Å². The molecule has 0 aliphatic heterocycles. The fraction of sp³-hybridized carbons (Fsp3) is 0.125. The summed E-state index contributed by atoms with van der Waals surface area (Å²) in [5.41, 5.74) is 3.71. The highest BCUT2D eigenvalue weighted by atomic mass is 35.5. The van der Waals surface area contributed by atoms with Gasteiger partial charge in [0, 0.05) is 11.8 Å². The first kappa shape index (κ1) is 20.6. The third-order valence-electron chi connectivity index (χ3n) is 4.76. The molecule has 0 saturated carbocycles. The van der Waals surface area contributed by atoms with Gasteiger partial charge < -0.3 is 0 Å². The van der Waals surface area contributed by atoms with E-state index in [-0.39, 0.29) is 28.8 Å². The number of benzene rings is 2. The SMILES string of the molecule is O=C(CC(=O)c1cccc(Cl)n1)c1cc(Cc2ccccc2)cc(Cn2ccnn2)c1. The van der Waals surface area contributed by atoms with Gasteiger partial charge >= 0.3 is 0 Å². The van der Waals surface area contributed by atoms with Crippen molar-refractivity contribution in [2.75, 3.05) is 0 Å². The zero-order valence-corrected chi connectivity index (χ0v) is 17.4. The quantitative estimate of drug-likeness (QED) is 0.235. The van der Waals surface area contributed by atoms with Crippen molar-refractivity contribution >= 4 is 23.2 Å². The fourth-order valence-corrected chi connectivity index (χ4v) is 3.52. The summed E-state index contributed by atoms with van der Waals surface area (Å²) in [5.74, 6) is -0.625. The number of hydrogen-bond acceptors (Lipinski definition) is 5. The Balaban J connectivity index is 1.60. The Labute approximate surface area is 184 Å². The van der Waals surface area contributed by atoms with Gasteiger partial charge in [-0.25, -0.2) is 9.67 Å². The first-order valence-corrected chi connectivity index (χ1v) is 10.1.